The van der Waals surface area contributed by atoms with Crippen LogP contribution in [0.25, 0.3) is 0 Å². The number of nitrogens with two attached hydrogens (primary N) is 1. The highest BCUT2D eigenvalue weighted by Gasteiger charge is 2.21. The Morgan fingerprint density at radius 3 is 2.86 bits per heavy atom. The fourth-order valence-corrected chi connectivity index (χ4v) is 2.90. The van der Waals surface area contributed by atoms with E-state index in [1.54, 1.807) is 19.1 Å². The molecule has 0 aromatic heterocycles. The van der Waals surface area contributed by atoms with Crippen molar-refractivity contribution in [3.8, 4) is 0 Å². The molecule has 21 heavy (non-hydrogen) atoms. The molecule has 0 spiro atoms. The Balaban J connectivity index is 2.04. The van der Waals surface area contributed by atoms with Crippen LogP contribution in [-0.2, 0) is 4.74 Å². The molecule has 1 heterocycles. The Morgan fingerprint density at radius 1 is 1.52 bits per heavy atom. The number of hydrogen-bond acceptors (Lipinski definition) is 5. The third kappa shape index (κ3) is 3.88. The molecule has 0 aliphatic carbocycles. The minimum Gasteiger partial charge on any atom is -0.462 e. The zero-order chi connectivity index (χ0) is 15.4. The van der Waals surface area contributed by atoms with Crippen molar-refractivity contribution in [1.82, 2.24) is 4.90 Å². The molecule has 1 unspecified atom stereocenters. The average molecular weight is 291 g/mol. The molecule has 116 valence electrons. The van der Waals surface area contributed by atoms with E-state index in [-0.39, 0.29) is 5.97 Å². The van der Waals surface area contributed by atoms with Crippen LogP contribution in [0.4, 0.5) is 11.4 Å². The number of hydrogen-bond donors (Lipinski definition) is 1. The van der Waals surface area contributed by atoms with E-state index in [4.69, 9.17) is 10.5 Å². The number of rotatable bonds is 5. The standard InChI is InChI=1S/C16H25N3O2/c1-4-21-16(20)13-5-6-15(14(17)9-13)19(3)11-12-7-8-18(2)10-12/h5-6,9,12H,4,7-8,10-11,17H2,1-3H3. The molecule has 1 saturated heterocycles. The normalized spacial score (nSPS) is 18.7. The van der Waals surface area contributed by atoms with Crippen molar-refractivity contribution in [2.75, 3.05) is 51.0 Å². The molecule has 2 N–H and O–H groups in total. The topological polar surface area (TPSA) is 58.8 Å². The molecule has 1 aromatic rings. The van der Waals surface area contributed by atoms with Crippen LogP contribution >= 0.6 is 0 Å². The van der Waals surface area contributed by atoms with Gasteiger partial charge in [-0.25, -0.2) is 4.79 Å². The van der Waals surface area contributed by atoms with Crippen molar-refractivity contribution in [3.63, 3.8) is 0 Å². The van der Waals surface area contributed by atoms with Gasteiger partial charge in [-0.05, 0) is 51.1 Å². The second kappa shape index (κ2) is 6.80. The minimum absolute atomic E-state index is 0.323. The predicted molar refractivity (Wildman–Crippen MR) is 85.7 cm³/mol. The molecule has 0 amide bonds. The molecule has 1 atom stereocenters. The highest BCUT2D eigenvalue weighted by Crippen LogP contribution is 2.26. The van der Waals surface area contributed by atoms with Crippen molar-refractivity contribution in [1.29, 1.82) is 0 Å². The Morgan fingerprint density at radius 2 is 2.29 bits per heavy atom. The van der Waals surface area contributed by atoms with Crippen LogP contribution in [0, 0.1) is 5.92 Å². The maximum atomic E-state index is 11.7. The van der Waals surface area contributed by atoms with E-state index in [1.807, 2.05) is 13.1 Å². The molecule has 1 aliphatic rings. The summed E-state index contributed by atoms with van der Waals surface area (Å²) in [4.78, 5) is 16.2. The van der Waals surface area contributed by atoms with Crippen molar-refractivity contribution < 1.29 is 9.53 Å². The fraction of sp³-hybridized carbons (Fsp3) is 0.562. The second-order valence-electron chi connectivity index (χ2n) is 5.79. The molecule has 1 aromatic carbocycles. The van der Waals surface area contributed by atoms with Crippen LogP contribution < -0.4 is 10.6 Å². The third-order valence-corrected chi connectivity index (χ3v) is 3.97. The van der Waals surface area contributed by atoms with Gasteiger partial charge < -0.3 is 20.3 Å². The van der Waals surface area contributed by atoms with E-state index < -0.39 is 0 Å². The van der Waals surface area contributed by atoms with E-state index in [9.17, 15) is 4.79 Å². The first-order valence-corrected chi connectivity index (χ1v) is 7.47. The zero-order valence-electron chi connectivity index (χ0n) is 13.1. The van der Waals surface area contributed by atoms with Crippen molar-refractivity contribution in [2.24, 2.45) is 5.92 Å². The first kappa shape index (κ1) is 15.6. The molecule has 5 heteroatoms. The van der Waals surface area contributed by atoms with Crippen LogP contribution in [0.3, 0.4) is 0 Å². The summed E-state index contributed by atoms with van der Waals surface area (Å²) >= 11 is 0. The summed E-state index contributed by atoms with van der Waals surface area (Å²) in [6, 6.07) is 5.38. The largest absolute Gasteiger partial charge is 0.462 e. The van der Waals surface area contributed by atoms with Gasteiger partial charge in [-0.2, -0.15) is 0 Å². The van der Waals surface area contributed by atoms with Gasteiger partial charge in [-0.3, -0.25) is 0 Å². The summed E-state index contributed by atoms with van der Waals surface area (Å²) < 4.78 is 4.99. The van der Waals surface area contributed by atoms with Crippen LogP contribution in [0.15, 0.2) is 18.2 Å². The number of anilines is 2. The fourth-order valence-electron chi connectivity index (χ4n) is 2.90. The summed E-state index contributed by atoms with van der Waals surface area (Å²) in [5.41, 5.74) is 8.19. The molecule has 0 saturated carbocycles. The SMILES string of the molecule is CCOC(=O)c1ccc(N(C)CC2CCN(C)C2)c(N)c1. The van der Waals surface area contributed by atoms with Crippen molar-refractivity contribution >= 4 is 17.3 Å². The number of esters is 1. The van der Waals surface area contributed by atoms with Gasteiger partial charge in [-0.15, -0.1) is 0 Å². The summed E-state index contributed by atoms with van der Waals surface area (Å²) in [7, 11) is 4.20. The van der Waals surface area contributed by atoms with Gasteiger partial charge in [0.2, 0.25) is 0 Å². The van der Waals surface area contributed by atoms with Gasteiger partial charge in [0.15, 0.2) is 0 Å². The Bertz CT molecular complexity index is 504. The first-order chi connectivity index (χ1) is 10.0. The Kier molecular flexibility index (Phi) is 5.07. The number of carbonyl (C=O) groups excluding carboxylic acids is 1. The van der Waals surface area contributed by atoms with Gasteiger partial charge in [0.25, 0.3) is 0 Å². The van der Waals surface area contributed by atoms with Crippen LogP contribution in [-0.4, -0.2) is 51.2 Å². The van der Waals surface area contributed by atoms with Crippen molar-refractivity contribution in [3.05, 3.63) is 23.8 Å². The number of likely N-dealkylation sites (tertiary alicyclic amines) is 1. The van der Waals surface area contributed by atoms with E-state index in [2.05, 4.69) is 16.8 Å². The number of benzene rings is 1. The van der Waals surface area contributed by atoms with Gasteiger partial charge in [-0.1, -0.05) is 0 Å². The quantitative estimate of drug-likeness (QED) is 0.662. The Hall–Kier alpha value is -1.75. The van der Waals surface area contributed by atoms with E-state index in [1.165, 1.54) is 6.42 Å². The molecule has 1 fully saturated rings. The third-order valence-electron chi connectivity index (χ3n) is 3.97. The van der Waals surface area contributed by atoms with E-state index in [0.717, 1.165) is 25.3 Å². The number of ether oxygens (including phenoxy) is 1. The molecular weight excluding hydrogens is 266 g/mol. The monoisotopic (exact) mass is 291 g/mol. The first-order valence-electron chi connectivity index (χ1n) is 7.47. The second-order valence-corrected chi connectivity index (χ2v) is 5.79. The maximum Gasteiger partial charge on any atom is 0.338 e. The molecule has 2 rings (SSSR count). The number of carbonyl (C=O) groups is 1. The maximum absolute atomic E-state index is 11.7. The van der Waals surface area contributed by atoms with Crippen molar-refractivity contribution in [2.45, 2.75) is 13.3 Å². The zero-order valence-corrected chi connectivity index (χ0v) is 13.1. The molecule has 1 aliphatic heterocycles. The number of nitrogens with zero attached hydrogens (tertiary/aromatic N) is 2. The van der Waals surface area contributed by atoms with Gasteiger partial charge in [0, 0.05) is 20.1 Å². The average Bonchev–Trinajstić information content (AvgIpc) is 2.84. The molecular formula is C16H25N3O2. The number of nitrogen functional groups attached to an aromatic ring is 1. The smallest absolute Gasteiger partial charge is 0.338 e. The lowest BCUT2D eigenvalue weighted by Gasteiger charge is -2.24. The minimum atomic E-state index is -0.323. The van der Waals surface area contributed by atoms with Crippen LogP contribution in [0.5, 0.6) is 0 Å². The van der Waals surface area contributed by atoms with E-state index in [0.29, 0.717) is 23.8 Å². The Labute approximate surface area is 126 Å². The lowest BCUT2D eigenvalue weighted by atomic mass is 10.1. The van der Waals surface area contributed by atoms with Gasteiger partial charge >= 0.3 is 5.97 Å². The summed E-state index contributed by atoms with van der Waals surface area (Å²) in [5.74, 6) is 0.347. The lowest BCUT2D eigenvalue weighted by Crippen LogP contribution is -2.27. The highest BCUT2D eigenvalue weighted by atomic mass is 16.5. The van der Waals surface area contributed by atoms with Gasteiger partial charge in [0.1, 0.15) is 0 Å². The molecule has 5 nitrogen and oxygen atoms in total. The molecule has 0 bridgehead atoms. The summed E-state index contributed by atoms with van der Waals surface area (Å²) in [6.45, 7) is 5.44. The highest BCUT2D eigenvalue weighted by molar-refractivity contribution is 5.92. The summed E-state index contributed by atoms with van der Waals surface area (Å²) in [6.07, 6.45) is 1.22. The predicted octanol–water partition coefficient (Wildman–Crippen LogP) is 1.83. The lowest BCUT2D eigenvalue weighted by molar-refractivity contribution is 0.0526. The van der Waals surface area contributed by atoms with E-state index >= 15 is 0 Å². The summed E-state index contributed by atoms with van der Waals surface area (Å²) in [5, 5.41) is 0. The van der Waals surface area contributed by atoms with Crippen LogP contribution in [0.1, 0.15) is 23.7 Å². The van der Waals surface area contributed by atoms with Crippen LogP contribution in [0.2, 0.25) is 0 Å². The molecule has 0 radical (unpaired) electrons. The van der Waals surface area contributed by atoms with Gasteiger partial charge in [0.05, 0.1) is 23.5 Å².